The second-order valence-corrected chi connectivity index (χ2v) is 5.22. The number of H-pyrrole nitrogens is 1. The van der Waals surface area contributed by atoms with Crippen molar-refractivity contribution in [3.8, 4) is 0 Å². The Kier molecular flexibility index (Phi) is 3.09. The molecule has 0 unspecified atom stereocenters. The molecule has 1 aromatic heterocycles. The largest absolute Gasteiger partial charge is 0.442 e. The molecule has 0 aliphatic rings. The normalized spacial score (nSPS) is 11.6. The van der Waals surface area contributed by atoms with Gasteiger partial charge in [-0.3, -0.25) is 20.0 Å². The van der Waals surface area contributed by atoms with Crippen molar-refractivity contribution in [1.29, 1.82) is 0 Å². The average molecular weight is 279 g/mol. The molecule has 0 fully saturated rings. The molecular weight excluding hydrogens is 266 g/mol. The summed E-state index contributed by atoms with van der Waals surface area (Å²) in [5.41, 5.74) is -1.29. The quantitative estimate of drug-likeness (QED) is 0.634. The highest BCUT2D eigenvalue weighted by Crippen LogP contribution is 2.19. The number of nitro benzene ring substituents is 1. The molecular formula is C12H13N3O5. The number of hydrogen-bond donors (Lipinski definition) is 1. The van der Waals surface area contributed by atoms with Crippen molar-refractivity contribution in [3.05, 3.63) is 38.7 Å². The Morgan fingerprint density at radius 3 is 2.60 bits per heavy atom. The van der Waals surface area contributed by atoms with E-state index in [4.69, 9.17) is 4.74 Å². The molecule has 0 saturated heterocycles. The van der Waals surface area contributed by atoms with Gasteiger partial charge in [0.2, 0.25) is 0 Å². The van der Waals surface area contributed by atoms with Gasteiger partial charge in [-0.2, -0.15) is 4.68 Å². The number of nitro groups is 1. The Balaban J connectivity index is 2.54. The van der Waals surface area contributed by atoms with Gasteiger partial charge in [-0.25, -0.2) is 4.79 Å². The zero-order valence-electron chi connectivity index (χ0n) is 11.2. The highest BCUT2D eigenvalue weighted by atomic mass is 16.6. The second-order valence-electron chi connectivity index (χ2n) is 5.22. The van der Waals surface area contributed by atoms with Gasteiger partial charge < -0.3 is 4.74 Å². The van der Waals surface area contributed by atoms with Gasteiger partial charge in [0.1, 0.15) is 5.60 Å². The fourth-order valence-electron chi connectivity index (χ4n) is 1.69. The minimum atomic E-state index is -0.751. The summed E-state index contributed by atoms with van der Waals surface area (Å²) in [4.78, 5) is 33.8. The Morgan fingerprint density at radius 2 is 2.05 bits per heavy atom. The summed E-state index contributed by atoms with van der Waals surface area (Å²) in [5, 5.41) is 13.0. The molecule has 0 saturated carbocycles. The smallest absolute Gasteiger partial charge is 0.434 e. The summed E-state index contributed by atoms with van der Waals surface area (Å²) in [5.74, 6) is 0. The molecule has 0 atom stereocenters. The van der Waals surface area contributed by atoms with Crippen LogP contribution in [0.1, 0.15) is 20.8 Å². The Morgan fingerprint density at radius 1 is 1.40 bits per heavy atom. The highest BCUT2D eigenvalue weighted by Gasteiger charge is 2.21. The van der Waals surface area contributed by atoms with Crippen molar-refractivity contribution in [2.75, 3.05) is 0 Å². The van der Waals surface area contributed by atoms with Gasteiger partial charge in [0.25, 0.3) is 11.2 Å². The van der Waals surface area contributed by atoms with Crippen LogP contribution in [0.5, 0.6) is 0 Å². The first-order valence-electron chi connectivity index (χ1n) is 5.81. The first-order chi connectivity index (χ1) is 9.19. The lowest BCUT2D eigenvalue weighted by Gasteiger charge is -2.19. The molecule has 2 aromatic rings. The van der Waals surface area contributed by atoms with Crippen molar-refractivity contribution < 1.29 is 14.5 Å². The third kappa shape index (κ3) is 2.53. The minimum Gasteiger partial charge on any atom is -0.442 e. The Bertz CT molecular complexity index is 751. The van der Waals surface area contributed by atoms with Crippen LogP contribution in [0.15, 0.2) is 23.0 Å². The number of nitrogens with zero attached hydrogens (tertiary/aromatic N) is 2. The van der Waals surface area contributed by atoms with Crippen LogP contribution < -0.4 is 5.56 Å². The molecule has 8 heteroatoms. The Hall–Kier alpha value is -2.64. The first-order valence-corrected chi connectivity index (χ1v) is 5.81. The van der Waals surface area contributed by atoms with Gasteiger partial charge in [0.15, 0.2) is 0 Å². The van der Waals surface area contributed by atoms with E-state index in [-0.39, 0.29) is 16.6 Å². The SMILES string of the molecule is CC(C)(C)OC(=O)n1[nH]c(=O)c2cc([N+](=O)[O-])ccc21. The molecule has 0 amide bonds. The number of hydrogen-bond acceptors (Lipinski definition) is 5. The van der Waals surface area contributed by atoms with Crippen molar-refractivity contribution in [1.82, 2.24) is 9.78 Å². The van der Waals surface area contributed by atoms with Crippen LogP contribution in [0.4, 0.5) is 10.5 Å². The topological polar surface area (TPSA) is 107 Å². The molecule has 1 N–H and O–H groups in total. The van der Waals surface area contributed by atoms with Gasteiger partial charge in [-0.15, -0.1) is 0 Å². The number of carbonyl (C=O) groups is 1. The fraction of sp³-hybridized carbons (Fsp3) is 0.333. The number of fused-ring (bicyclic) bond motifs is 1. The molecule has 0 aliphatic carbocycles. The maximum absolute atomic E-state index is 11.9. The molecule has 8 nitrogen and oxygen atoms in total. The minimum absolute atomic E-state index is 0.0602. The zero-order chi connectivity index (χ0) is 15.1. The van der Waals surface area contributed by atoms with Crippen molar-refractivity contribution in [2.24, 2.45) is 0 Å². The van der Waals surface area contributed by atoms with Gasteiger partial charge >= 0.3 is 6.09 Å². The maximum Gasteiger partial charge on any atom is 0.434 e. The predicted molar refractivity (Wildman–Crippen MR) is 70.8 cm³/mol. The van der Waals surface area contributed by atoms with Gasteiger partial charge in [0, 0.05) is 12.1 Å². The monoisotopic (exact) mass is 279 g/mol. The molecule has 0 bridgehead atoms. The lowest BCUT2D eigenvalue weighted by atomic mass is 10.2. The van der Waals surface area contributed by atoms with Crippen LogP contribution in [0.25, 0.3) is 10.9 Å². The lowest BCUT2D eigenvalue weighted by Crippen LogP contribution is -2.28. The summed E-state index contributed by atoms with van der Waals surface area (Å²) in [6, 6.07) is 3.67. The van der Waals surface area contributed by atoms with E-state index in [0.717, 1.165) is 10.7 Å². The number of aromatic amines is 1. The van der Waals surface area contributed by atoms with Crippen LogP contribution >= 0.6 is 0 Å². The van der Waals surface area contributed by atoms with Crippen LogP contribution in [-0.2, 0) is 4.74 Å². The average Bonchev–Trinajstić information content (AvgIpc) is 2.64. The predicted octanol–water partition coefficient (Wildman–Crippen LogP) is 2.02. The highest BCUT2D eigenvalue weighted by molar-refractivity contribution is 5.88. The maximum atomic E-state index is 11.9. The van der Waals surface area contributed by atoms with E-state index in [2.05, 4.69) is 5.10 Å². The van der Waals surface area contributed by atoms with E-state index >= 15 is 0 Å². The van der Waals surface area contributed by atoms with Crippen LogP contribution in [0.2, 0.25) is 0 Å². The molecule has 20 heavy (non-hydrogen) atoms. The summed E-state index contributed by atoms with van der Waals surface area (Å²) >= 11 is 0. The molecule has 0 radical (unpaired) electrons. The number of non-ortho nitro benzene ring substituents is 1. The first kappa shape index (κ1) is 13.8. The number of carbonyl (C=O) groups excluding carboxylic acids is 1. The Labute approximate surface area is 113 Å². The molecule has 1 aromatic carbocycles. The number of ether oxygens (including phenoxy) is 1. The standard InChI is InChI=1S/C12H13N3O5/c1-12(2,3)20-11(17)14-9-5-4-7(15(18)19)6-8(9)10(16)13-14/h4-6H,1-3H3,(H,13,16). The summed E-state index contributed by atoms with van der Waals surface area (Å²) in [6.45, 7) is 5.08. The van der Waals surface area contributed by atoms with E-state index in [1.54, 1.807) is 20.8 Å². The van der Waals surface area contributed by atoms with E-state index in [0.29, 0.717) is 0 Å². The molecule has 2 rings (SSSR count). The van der Waals surface area contributed by atoms with Crippen LogP contribution in [-0.4, -0.2) is 26.4 Å². The van der Waals surface area contributed by atoms with Crippen molar-refractivity contribution in [2.45, 2.75) is 26.4 Å². The molecule has 0 spiro atoms. The summed E-state index contributed by atoms with van der Waals surface area (Å²) < 4.78 is 6.08. The number of aromatic nitrogens is 2. The number of nitrogens with one attached hydrogen (secondary N) is 1. The zero-order valence-corrected chi connectivity index (χ0v) is 11.2. The van der Waals surface area contributed by atoms with E-state index < -0.39 is 22.2 Å². The van der Waals surface area contributed by atoms with Crippen molar-refractivity contribution >= 4 is 22.7 Å². The van der Waals surface area contributed by atoms with Crippen molar-refractivity contribution in [3.63, 3.8) is 0 Å². The number of benzene rings is 1. The molecule has 106 valence electrons. The lowest BCUT2D eigenvalue weighted by molar-refractivity contribution is -0.384. The third-order valence-corrected chi connectivity index (χ3v) is 2.47. The summed E-state index contributed by atoms with van der Waals surface area (Å²) in [7, 11) is 0. The fourth-order valence-corrected chi connectivity index (χ4v) is 1.69. The van der Waals surface area contributed by atoms with Gasteiger partial charge in [0.05, 0.1) is 15.8 Å². The van der Waals surface area contributed by atoms with E-state index in [1.807, 2.05) is 0 Å². The van der Waals surface area contributed by atoms with Gasteiger partial charge in [-0.1, -0.05) is 0 Å². The molecule has 0 aliphatic heterocycles. The van der Waals surface area contributed by atoms with Gasteiger partial charge in [-0.05, 0) is 26.8 Å². The van der Waals surface area contributed by atoms with Crippen LogP contribution in [0.3, 0.4) is 0 Å². The molecule has 1 heterocycles. The van der Waals surface area contributed by atoms with Crippen LogP contribution in [0, 0.1) is 10.1 Å². The summed E-state index contributed by atoms with van der Waals surface area (Å²) in [6.07, 6.45) is -0.751. The van der Waals surface area contributed by atoms with E-state index in [9.17, 15) is 19.7 Å². The second kappa shape index (κ2) is 4.48. The van der Waals surface area contributed by atoms with E-state index in [1.165, 1.54) is 12.1 Å². The number of rotatable bonds is 1. The third-order valence-electron chi connectivity index (χ3n) is 2.47.